The molecule has 2 nitrogen and oxygen atoms in total. The summed E-state index contributed by atoms with van der Waals surface area (Å²) in [4.78, 5) is 4.80. The second-order valence-corrected chi connectivity index (χ2v) is 4.87. The number of benzene rings is 3. The maximum Gasteiger partial charge on any atom is 0.145 e. The summed E-state index contributed by atoms with van der Waals surface area (Å²) in [6.07, 6.45) is 0. The average molecular weight is 269 g/mol. The van der Waals surface area contributed by atoms with Gasteiger partial charge >= 0.3 is 0 Å². The van der Waals surface area contributed by atoms with Gasteiger partial charge in [-0.3, -0.25) is 4.57 Å². The van der Waals surface area contributed by atoms with E-state index in [1.165, 1.54) is 0 Å². The van der Waals surface area contributed by atoms with E-state index < -0.39 is 0 Å². The lowest BCUT2D eigenvalue weighted by atomic mass is 10.2. The van der Waals surface area contributed by atoms with Crippen LogP contribution in [0.25, 0.3) is 28.1 Å². The molecule has 21 heavy (non-hydrogen) atoms. The maximum atomic E-state index is 4.80. The molecule has 0 saturated carbocycles. The monoisotopic (exact) mass is 269 g/mol. The predicted molar refractivity (Wildman–Crippen MR) is 85.3 cm³/mol. The number of rotatable bonds is 2. The van der Waals surface area contributed by atoms with Crippen LogP contribution in [-0.4, -0.2) is 9.55 Å². The second-order valence-electron chi connectivity index (χ2n) is 4.87. The molecule has 0 amide bonds. The van der Waals surface area contributed by atoms with Crippen LogP contribution < -0.4 is 0 Å². The van der Waals surface area contributed by atoms with E-state index in [1.54, 1.807) is 0 Å². The number of imidazole rings is 1. The van der Waals surface area contributed by atoms with Gasteiger partial charge in [-0.15, -0.1) is 0 Å². The Morgan fingerprint density at radius 3 is 2.33 bits per heavy atom. The van der Waals surface area contributed by atoms with Crippen LogP contribution in [-0.2, 0) is 0 Å². The first kappa shape index (κ1) is 11.9. The van der Waals surface area contributed by atoms with Crippen molar-refractivity contribution >= 4 is 11.0 Å². The summed E-state index contributed by atoms with van der Waals surface area (Å²) in [5, 5.41) is 0. The normalized spacial score (nSPS) is 10.9. The molecule has 1 aromatic heterocycles. The standard InChI is InChI=1S/C19H13N2/c1-3-9-15(10-4-1)19-20-17-13-7-8-14-18(17)21(19)16-11-5-2-6-12-16/h1-11,13-14H. The first-order valence-electron chi connectivity index (χ1n) is 6.93. The third kappa shape index (κ3) is 2.01. The van der Waals surface area contributed by atoms with E-state index in [0.29, 0.717) is 0 Å². The minimum atomic E-state index is 0.944. The average Bonchev–Trinajstić information content (AvgIpc) is 2.96. The van der Waals surface area contributed by atoms with Crippen molar-refractivity contribution < 1.29 is 0 Å². The number of hydrogen-bond acceptors (Lipinski definition) is 1. The molecule has 4 rings (SSSR count). The second kappa shape index (κ2) is 4.91. The Morgan fingerprint density at radius 2 is 1.52 bits per heavy atom. The molecule has 0 aliphatic rings. The third-order valence-corrected chi connectivity index (χ3v) is 3.53. The molecule has 0 aliphatic heterocycles. The van der Waals surface area contributed by atoms with Crippen LogP contribution in [0.3, 0.4) is 0 Å². The van der Waals surface area contributed by atoms with E-state index in [-0.39, 0.29) is 0 Å². The molecule has 1 heterocycles. The van der Waals surface area contributed by atoms with Gasteiger partial charge in [-0.05, 0) is 18.2 Å². The van der Waals surface area contributed by atoms with Crippen molar-refractivity contribution in [1.29, 1.82) is 0 Å². The minimum absolute atomic E-state index is 0.944. The molecule has 0 saturated heterocycles. The zero-order valence-corrected chi connectivity index (χ0v) is 11.4. The van der Waals surface area contributed by atoms with Crippen LogP contribution in [0.15, 0.2) is 78.9 Å². The van der Waals surface area contributed by atoms with Crippen molar-refractivity contribution in [3.05, 3.63) is 84.9 Å². The quantitative estimate of drug-likeness (QED) is 0.524. The fourth-order valence-electron chi connectivity index (χ4n) is 2.57. The van der Waals surface area contributed by atoms with Crippen molar-refractivity contribution in [3.63, 3.8) is 0 Å². The molecule has 0 bridgehead atoms. The topological polar surface area (TPSA) is 17.8 Å². The lowest BCUT2D eigenvalue weighted by Gasteiger charge is -2.08. The highest BCUT2D eigenvalue weighted by Gasteiger charge is 2.13. The number of fused-ring (bicyclic) bond motifs is 1. The van der Waals surface area contributed by atoms with Crippen LogP contribution in [0, 0.1) is 6.07 Å². The van der Waals surface area contributed by atoms with Crippen LogP contribution in [0.5, 0.6) is 0 Å². The SMILES string of the molecule is [c]1ccccc1-n1c(-c2ccccc2)nc2ccccc21. The van der Waals surface area contributed by atoms with Gasteiger partial charge in [0.25, 0.3) is 0 Å². The number of nitrogens with zero attached hydrogens (tertiary/aromatic N) is 2. The van der Waals surface area contributed by atoms with E-state index in [4.69, 9.17) is 4.98 Å². The fraction of sp³-hybridized carbons (Fsp3) is 0. The van der Waals surface area contributed by atoms with E-state index in [9.17, 15) is 0 Å². The highest BCUT2D eigenvalue weighted by atomic mass is 15.1. The molecule has 2 heteroatoms. The van der Waals surface area contributed by atoms with Crippen molar-refractivity contribution in [2.45, 2.75) is 0 Å². The Kier molecular flexibility index (Phi) is 2.79. The third-order valence-electron chi connectivity index (χ3n) is 3.53. The minimum Gasteiger partial charge on any atom is -0.292 e. The van der Waals surface area contributed by atoms with E-state index in [2.05, 4.69) is 34.9 Å². The Balaban J connectivity index is 2.07. The molecular weight excluding hydrogens is 256 g/mol. The van der Waals surface area contributed by atoms with Crippen molar-refractivity contribution in [1.82, 2.24) is 9.55 Å². The van der Waals surface area contributed by atoms with Gasteiger partial charge in [-0.25, -0.2) is 4.98 Å². The first-order chi connectivity index (χ1) is 10.4. The summed E-state index contributed by atoms with van der Waals surface area (Å²) < 4.78 is 2.16. The van der Waals surface area contributed by atoms with Gasteiger partial charge in [0.15, 0.2) is 0 Å². The molecule has 3 aromatic carbocycles. The van der Waals surface area contributed by atoms with Gasteiger partial charge in [-0.2, -0.15) is 0 Å². The largest absolute Gasteiger partial charge is 0.292 e. The van der Waals surface area contributed by atoms with Crippen molar-refractivity contribution in [2.75, 3.05) is 0 Å². The molecule has 0 aliphatic carbocycles. The van der Waals surface area contributed by atoms with Crippen LogP contribution in [0.2, 0.25) is 0 Å². The zero-order valence-electron chi connectivity index (χ0n) is 11.4. The van der Waals surface area contributed by atoms with E-state index in [1.807, 2.05) is 54.6 Å². The van der Waals surface area contributed by atoms with Crippen molar-refractivity contribution in [3.8, 4) is 17.1 Å². The van der Waals surface area contributed by atoms with Gasteiger partial charge < -0.3 is 0 Å². The summed E-state index contributed by atoms with van der Waals surface area (Å²) in [6, 6.07) is 29.7. The fourth-order valence-corrected chi connectivity index (χ4v) is 2.57. The van der Waals surface area contributed by atoms with Gasteiger partial charge in [0.1, 0.15) is 5.82 Å². The molecule has 0 fully saturated rings. The van der Waals surface area contributed by atoms with Gasteiger partial charge in [0.05, 0.1) is 16.7 Å². The molecule has 0 N–H and O–H groups in total. The molecular formula is C19H13N2. The molecule has 1 radical (unpaired) electrons. The highest BCUT2D eigenvalue weighted by molar-refractivity contribution is 5.83. The van der Waals surface area contributed by atoms with Crippen LogP contribution in [0.1, 0.15) is 0 Å². The number of hydrogen-bond donors (Lipinski definition) is 0. The van der Waals surface area contributed by atoms with Gasteiger partial charge in [0.2, 0.25) is 0 Å². The first-order valence-corrected chi connectivity index (χ1v) is 6.93. The molecule has 99 valence electrons. The summed E-state index contributed by atoms with van der Waals surface area (Å²) in [7, 11) is 0. The summed E-state index contributed by atoms with van der Waals surface area (Å²) in [5.41, 5.74) is 4.20. The number of aromatic nitrogens is 2. The zero-order chi connectivity index (χ0) is 14.1. The van der Waals surface area contributed by atoms with Gasteiger partial charge in [0, 0.05) is 11.6 Å². The molecule has 0 unspecified atom stereocenters. The Bertz CT molecular complexity index is 877. The lowest BCUT2D eigenvalue weighted by molar-refractivity contribution is 1.10. The maximum absolute atomic E-state index is 4.80. The molecule has 4 aromatic rings. The van der Waals surface area contributed by atoms with Crippen LogP contribution in [0.4, 0.5) is 0 Å². The van der Waals surface area contributed by atoms with Gasteiger partial charge in [-0.1, -0.05) is 60.7 Å². The van der Waals surface area contributed by atoms with E-state index >= 15 is 0 Å². The lowest BCUT2D eigenvalue weighted by Crippen LogP contribution is -1.97. The predicted octanol–water partition coefficient (Wildman–Crippen LogP) is 4.49. The summed E-state index contributed by atoms with van der Waals surface area (Å²) >= 11 is 0. The van der Waals surface area contributed by atoms with Crippen LogP contribution >= 0.6 is 0 Å². The smallest absolute Gasteiger partial charge is 0.145 e. The molecule has 0 spiro atoms. The summed E-state index contributed by atoms with van der Waals surface area (Å²) in [6.45, 7) is 0. The Hall–Kier alpha value is -2.87. The Labute approximate surface area is 123 Å². The Morgan fingerprint density at radius 1 is 0.762 bits per heavy atom. The highest BCUT2D eigenvalue weighted by Crippen LogP contribution is 2.27. The summed E-state index contributed by atoms with van der Waals surface area (Å²) in [5.74, 6) is 0.944. The molecule has 0 atom stereocenters. The van der Waals surface area contributed by atoms with E-state index in [0.717, 1.165) is 28.1 Å². The van der Waals surface area contributed by atoms with Crippen molar-refractivity contribution in [2.24, 2.45) is 0 Å². The number of para-hydroxylation sites is 3.